The summed E-state index contributed by atoms with van der Waals surface area (Å²) in [6.45, 7) is 2.56. The number of ether oxygens (including phenoxy) is 2. The Labute approximate surface area is 322 Å². The molecular formula is C43H50ClN3O7. The van der Waals surface area contributed by atoms with Gasteiger partial charge in [-0.05, 0) is 83.3 Å². The smallest absolute Gasteiger partial charge is 0.243 e. The van der Waals surface area contributed by atoms with E-state index in [4.69, 9.17) is 26.3 Å². The molecule has 2 fully saturated rings. The van der Waals surface area contributed by atoms with E-state index >= 15 is 0 Å². The number of aliphatic hydroxyl groups is 2. The summed E-state index contributed by atoms with van der Waals surface area (Å²) in [5.41, 5.74) is 7.40. The second-order valence-electron chi connectivity index (χ2n) is 14.4. The van der Waals surface area contributed by atoms with Crippen LogP contribution >= 0.6 is 11.6 Å². The van der Waals surface area contributed by atoms with Crippen LogP contribution in [0.15, 0.2) is 97.1 Å². The van der Waals surface area contributed by atoms with Crippen LogP contribution in [-0.4, -0.2) is 57.9 Å². The highest BCUT2D eigenvalue weighted by atomic mass is 35.5. The standard InChI is InChI=1S/C43H50ClN3O7/c44-37-18-16-36(17-19-37)43(51)20-22-47(23-21-43)28-38-26-39(32-14-12-30(29-48)13-15-32)54-42(53-38)35-9-5-8-34(25-35)33-7-4-6-31(24-33)27-45-40(49)10-2-1-3-11-41(50)46-52/h4-9,12-19,24-25,38-39,42,48,51-52H,1-3,10-11,20-23,26-29H2,(H,45,49)(H,46,50). The molecule has 5 N–H and O–H groups in total. The number of likely N-dealkylation sites (tertiary alicyclic amines) is 1. The van der Waals surface area contributed by atoms with Crippen LogP contribution in [0, 0.1) is 0 Å². The number of aliphatic hydroxyl groups excluding tert-OH is 1. The van der Waals surface area contributed by atoms with E-state index in [1.165, 1.54) is 0 Å². The number of hydrogen-bond donors (Lipinski definition) is 5. The second kappa shape index (κ2) is 19.0. The van der Waals surface area contributed by atoms with Gasteiger partial charge in [0.25, 0.3) is 0 Å². The number of hydroxylamine groups is 1. The number of nitrogens with one attached hydrogen (secondary N) is 2. The number of benzene rings is 4. The van der Waals surface area contributed by atoms with Gasteiger partial charge in [0.2, 0.25) is 11.8 Å². The number of amides is 2. The van der Waals surface area contributed by atoms with E-state index < -0.39 is 17.8 Å². The Morgan fingerprint density at radius 1 is 0.796 bits per heavy atom. The molecule has 2 aliphatic rings. The molecule has 11 heteroatoms. The van der Waals surface area contributed by atoms with Gasteiger partial charge in [-0.15, -0.1) is 0 Å². The van der Waals surface area contributed by atoms with Crippen LogP contribution < -0.4 is 10.8 Å². The zero-order valence-corrected chi connectivity index (χ0v) is 31.2. The minimum atomic E-state index is -0.885. The molecule has 0 aliphatic carbocycles. The summed E-state index contributed by atoms with van der Waals surface area (Å²) in [6, 6.07) is 31.7. The number of unbranched alkanes of at least 4 members (excludes halogenated alkanes) is 2. The molecule has 2 aliphatic heterocycles. The second-order valence-corrected chi connectivity index (χ2v) is 14.8. The van der Waals surface area contributed by atoms with Crippen LogP contribution in [0.5, 0.6) is 0 Å². The Bertz CT molecular complexity index is 1830. The molecule has 4 aromatic rings. The number of nitrogens with zero attached hydrogens (tertiary/aromatic N) is 1. The lowest BCUT2D eigenvalue weighted by molar-refractivity contribution is -0.253. The van der Waals surface area contributed by atoms with Gasteiger partial charge in [-0.1, -0.05) is 90.8 Å². The first-order valence-electron chi connectivity index (χ1n) is 18.8. The molecule has 0 spiro atoms. The first-order chi connectivity index (χ1) is 26.2. The first-order valence-corrected chi connectivity index (χ1v) is 19.2. The van der Waals surface area contributed by atoms with Crippen molar-refractivity contribution < 1.29 is 34.5 Å². The number of halogens is 1. The molecular weight excluding hydrogens is 706 g/mol. The van der Waals surface area contributed by atoms with E-state index in [1.807, 2.05) is 78.9 Å². The lowest BCUT2D eigenvalue weighted by Crippen LogP contribution is -2.46. The average Bonchev–Trinajstić information content (AvgIpc) is 3.21. The zero-order chi connectivity index (χ0) is 37.9. The Balaban J connectivity index is 1.11. The summed E-state index contributed by atoms with van der Waals surface area (Å²) in [4.78, 5) is 26.0. The van der Waals surface area contributed by atoms with E-state index in [2.05, 4.69) is 28.4 Å². The molecule has 0 bridgehead atoms. The maximum absolute atomic E-state index is 12.5. The van der Waals surface area contributed by atoms with Crippen LogP contribution in [0.3, 0.4) is 0 Å². The van der Waals surface area contributed by atoms with E-state index in [9.17, 15) is 19.8 Å². The molecule has 3 atom stereocenters. The number of carbonyl (C=O) groups excluding carboxylic acids is 2. The predicted octanol–water partition coefficient (Wildman–Crippen LogP) is 7.10. The van der Waals surface area contributed by atoms with Crippen molar-refractivity contribution >= 4 is 23.4 Å². The molecule has 0 saturated carbocycles. The minimum Gasteiger partial charge on any atom is -0.392 e. The van der Waals surface area contributed by atoms with E-state index in [0.29, 0.717) is 56.6 Å². The maximum atomic E-state index is 12.5. The van der Waals surface area contributed by atoms with Gasteiger partial charge >= 0.3 is 0 Å². The first kappa shape index (κ1) is 39.6. The summed E-state index contributed by atoms with van der Waals surface area (Å²) in [7, 11) is 0. The van der Waals surface area contributed by atoms with Crippen molar-refractivity contribution in [2.75, 3.05) is 19.6 Å². The van der Waals surface area contributed by atoms with Gasteiger partial charge in [-0.2, -0.15) is 0 Å². The van der Waals surface area contributed by atoms with Crippen molar-refractivity contribution in [1.29, 1.82) is 0 Å². The third-order valence-electron chi connectivity index (χ3n) is 10.5. The van der Waals surface area contributed by atoms with Crippen LogP contribution in [-0.2, 0) is 37.8 Å². The fourth-order valence-electron chi connectivity index (χ4n) is 7.29. The van der Waals surface area contributed by atoms with Gasteiger partial charge in [-0.3, -0.25) is 14.8 Å². The molecule has 2 heterocycles. The molecule has 2 saturated heterocycles. The van der Waals surface area contributed by atoms with Crippen molar-refractivity contribution in [1.82, 2.24) is 15.7 Å². The zero-order valence-electron chi connectivity index (χ0n) is 30.5. The number of carbonyl (C=O) groups is 2. The molecule has 286 valence electrons. The monoisotopic (exact) mass is 755 g/mol. The fourth-order valence-corrected chi connectivity index (χ4v) is 7.42. The van der Waals surface area contributed by atoms with Crippen molar-refractivity contribution in [3.8, 4) is 11.1 Å². The third kappa shape index (κ3) is 10.8. The quantitative estimate of drug-likeness (QED) is 0.0492. The third-order valence-corrected chi connectivity index (χ3v) is 10.7. The molecule has 2 amide bonds. The van der Waals surface area contributed by atoms with Crippen LogP contribution in [0.4, 0.5) is 0 Å². The minimum absolute atomic E-state index is 0.0209. The lowest BCUT2D eigenvalue weighted by atomic mass is 9.84. The number of rotatable bonds is 15. The van der Waals surface area contributed by atoms with Gasteiger partial charge in [-0.25, -0.2) is 5.48 Å². The van der Waals surface area contributed by atoms with Gasteiger partial charge in [0.05, 0.1) is 24.4 Å². The molecule has 10 nitrogen and oxygen atoms in total. The fraction of sp³-hybridized carbons (Fsp3) is 0.395. The summed E-state index contributed by atoms with van der Waals surface area (Å²) >= 11 is 6.10. The van der Waals surface area contributed by atoms with Crippen molar-refractivity contribution in [3.05, 3.63) is 130 Å². The molecule has 54 heavy (non-hydrogen) atoms. The molecule has 4 aromatic carbocycles. The van der Waals surface area contributed by atoms with Crippen LogP contribution in [0.1, 0.15) is 91.6 Å². The summed E-state index contributed by atoms with van der Waals surface area (Å²) in [6.07, 6.45) is 3.59. The number of hydrogen-bond acceptors (Lipinski definition) is 8. The maximum Gasteiger partial charge on any atom is 0.243 e. The van der Waals surface area contributed by atoms with E-state index in [1.54, 1.807) is 5.48 Å². The van der Waals surface area contributed by atoms with Crippen molar-refractivity contribution in [3.63, 3.8) is 0 Å². The molecule has 0 aromatic heterocycles. The van der Waals surface area contributed by atoms with Gasteiger partial charge in [0, 0.05) is 56.0 Å². The van der Waals surface area contributed by atoms with E-state index in [0.717, 1.165) is 58.5 Å². The normalized spacial score (nSPS) is 20.0. The van der Waals surface area contributed by atoms with Crippen molar-refractivity contribution in [2.24, 2.45) is 0 Å². The van der Waals surface area contributed by atoms with Crippen LogP contribution in [0.2, 0.25) is 5.02 Å². The Hall–Kier alpha value is -4.13. The summed E-state index contributed by atoms with van der Waals surface area (Å²) in [5, 5.41) is 33.3. The summed E-state index contributed by atoms with van der Waals surface area (Å²) < 4.78 is 13.4. The average molecular weight is 756 g/mol. The Morgan fingerprint density at radius 2 is 1.48 bits per heavy atom. The highest BCUT2D eigenvalue weighted by molar-refractivity contribution is 6.30. The highest BCUT2D eigenvalue weighted by Crippen LogP contribution is 2.40. The predicted molar refractivity (Wildman–Crippen MR) is 206 cm³/mol. The highest BCUT2D eigenvalue weighted by Gasteiger charge is 2.37. The molecule has 0 radical (unpaired) electrons. The SMILES string of the molecule is O=C(CCCCCC(=O)NCc1cccc(-c2cccc(C3OC(CN4CCC(O)(c5ccc(Cl)cc5)CC4)CC(c4ccc(CO)cc4)O3)c2)c1)NO. The summed E-state index contributed by atoms with van der Waals surface area (Å²) in [5.74, 6) is -0.459. The van der Waals surface area contributed by atoms with Gasteiger partial charge in [0.1, 0.15) is 0 Å². The Kier molecular flexibility index (Phi) is 13.9. The molecule has 3 unspecified atom stereocenters. The lowest BCUT2D eigenvalue weighted by Gasteiger charge is -2.42. The van der Waals surface area contributed by atoms with Crippen LogP contribution in [0.25, 0.3) is 11.1 Å². The topological polar surface area (TPSA) is 141 Å². The Morgan fingerprint density at radius 3 is 2.19 bits per heavy atom. The molecule has 6 rings (SSSR count). The van der Waals surface area contributed by atoms with E-state index in [-0.39, 0.29) is 31.1 Å². The largest absolute Gasteiger partial charge is 0.392 e. The van der Waals surface area contributed by atoms with Gasteiger partial charge in [0.15, 0.2) is 6.29 Å². The number of piperidine rings is 1. The van der Waals surface area contributed by atoms with Gasteiger partial charge < -0.3 is 29.9 Å². The van der Waals surface area contributed by atoms with Crippen molar-refractivity contribution in [2.45, 2.75) is 88.6 Å².